The number of carbonyl (C=O) groups is 1. The summed E-state index contributed by atoms with van der Waals surface area (Å²) in [5, 5.41) is 3.86. The van der Waals surface area contributed by atoms with Crippen LogP contribution >= 0.6 is 11.6 Å². The van der Waals surface area contributed by atoms with Crippen molar-refractivity contribution in [2.24, 2.45) is 0 Å². The molecule has 1 aliphatic heterocycles. The van der Waals surface area contributed by atoms with E-state index in [1.54, 1.807) is 7.11 Å². The first kappa shape index (κ1) is 17.9. The van der Waals surface area contributed by atoms with Gasteiger partial charge in [-0.3, -0.25) is 4.79 Å². The Hall–Kier alpha value is -1.88. The van der Waals surface area contributed by atoms with Crippen LogP contribution in [0.25, 0.3) is 0 Å². The number of hydrogen-bond acceptors (Lipinski definition) is 3. The van der Waals surface area contributed by atoms with Crippen LogP contribution in [0.5, 0.6) is 0 Å². The molecule has 2 aromatic rings. The van der Waals surface area contributed by atoms with Crippen LogP contribution in [-0.4, -0.2) is 37.6 Å². The lowest BCUT2D eigenvalue weighted by Gasteiger charge is -2.37. The van der Waals surface area contributed by atoms with E-state index >= 15 is 0 Å². The third kappa shape index (κ3) is 4.40. The molecule has 5 heteroatoms. The van der Waals surface area contributed by atoms with Crippen molar-refractivity contribution in [3.63, 3.8) is 0 Å². The van der Waals surface area contributed by atoms with Gasteiger partial charge in [-0.05, 0) is 35.2 Å². The lowest BCUT2D eigenvalue weighted by atomic mass is 9.90. The third-order valence-corrected chi connectivity index (χ3v) is 4.80. The second kappa shape index (κ2) is 8.48. The van der Waals surface area contributed by atoms with E-state index in [-0.39, 0.29) is 11.9 Å². The number of nitrogens with zero attached hydrogens (tertiary/aromatic N) is 1. The van der Waals surface area contributed by atoms with Gasteiger partial charge in [0, 0.05) is 25.2 Å². The highest BCUT2D eigenvalue weighted by molar-refractivity contribution is 6.30. The number of hydrogen-bond donors (Lipinski definition) is 1. The zero-order valence-electron chi connectivity index (χ0n) is 14.4. The molecule has 1 atom stereocenters. The molecule has 4 nitrogen and oxygen atoms in total. The minimum absolute atomic E-state index is 0.0478. The summed E-state index contributed by atoms with van der Waals surface area (Å²) in [6, 6.07) is 16.2. The van der Waals surface area contributed by atoms with Crippen molar-refractivity contribution in [2.75, 3.05) is 26.8 Å². The van der Waals surface area contributed by atoms with Crippen molar-refractivity contribution in [3.8, 4) is 0 Å². The van der Waals surface area contributed by atoms with Crippen molar-refractivity contribution in [1.82, 2.24) is 10.2 Å². The van der Waals surface area contributed by atoms with Gasteiger partial charge in [-0.2, -0.15) is 0 Å². The number of rotatable bonds is 6. The second-order valence-electron chi connectivity index (χ2n) is 6.23. The predicted octanol–water partition coefficient (Wildman–Crippen LogP) is 3.20. The van der Waals surface area contributed by atoms with Gasteiger partial charge in [0.1, 0.15) is 0 Å². The average molecular weight is 359 g/mol. The van der Waals surface area contributed by atoms with Crippen LogP contribution in [0, 0.1) is 0 Å². The van der Waals surface area contributed by atoms with Crippen LogP contribution in [-0.2, 0) is 22.5 Å². The first-order valence-corrected chi connectivity index (χ1v) is 8.88. The molecule has 0 bridgehead atoms. The highest BCUT2D eigenvalue weighted by Crippen LogP contribution is 2.34. The van der Waals surface area contributed by atoms with Crippen molar-refractivity contribution >= 4 is 17.5 Å². The van der Waals surface area contributed by atoms with Crippen LogP contribution in [0.15, 0.2) is 48.5 Å². The molecule has 0 aromatic heterocycles. The van der Waals surface area contributed by atoms with Gasteiger partial charge >= 0.3 is 0 Å². The summed E-state index contributed by atoms with van der Waals surface area (Å²) >= 11 is 6.15. The van der Waals surface area contributed by atoms with Gasteiger partial charge in [0.25, 0.3) is 0 Å². The van der Waals surface area contributed by atoms with Gasteiger partial charge in [0.15, 0.2) is 0 Å². The summed E-state index contributed by atoms with van der Waals surface area (Å²) in [4.78, 5) is 14.8. The van der Waals surface area contributed by atoms with E-state index in [1.165, 1.54) is 5.56 Å². The number of nitrogens with one attached hydrogen (secondary N) is 1. The Morgan fingerprint density at radius 3 is 2.80 bits per heavy atom. The molecule has 1 heterocycles. The average Bonchev–Trinajstić information content (AvgIpc) is 2.64. The third-order valence-electron chi connectivity index (χ3n) is 4.56. The molecule has 0 saturated heterocycles. The quantitative estimate of drug-likeness (QED) is 0.806. The number of fused-ring (bicyclic) bond motifs is 1. The first-order chi connectivity index (χ1) is 12.2. The molecular formula is C20H23ClN2O2. The molecule has 1 N–H and O–H groups in total. The van der Waals surface area contributed by atoms with E-state index < -0.39 is 0 Å². The number of ether oxygens (including phenoxy) is 1. The van der Waals surface area contributed by atoms with Crippen LogP contribution in [0.2, 0.25) is 5.02 Å². The van der Waals surface area contributed by atoms with Gasteiger partial charge < -0.3 is 15.0 Å². The fourth-order valence-electron chi connectivity index (χ4n) is 3.26. The Balaban J connectivity index is 1.82. The molecule has 0 fully saturated rings. The van der Waals surface area contributed by atoms with E-state index in [9.17, 15) is 4.79 Å². The van der Waals surface area contributed by atoms with Crippen molar-refractivity contribution in [1.29, 1.82) is 0 Å². The van der Waals surface area contributed by atoms with E-state index in [0.29, 0.717) is 31.3 Å². The molecule has 25 heavy (non-hydrogen) atoms. The SMILES string of the molecule is COCCNCC(=O)N1Cc2cc(Cl)ccc2CC1c1ccccc1. The molecule has 0 spiro atoms. The highest BCUT2D eigenvalue weighted by Gasteiger charge is 2.30. The maximum absolute atomic E-state index is 12.8. The van der Waals surface area contributed by atoms with E-state index in [1.807, 2.05) is 35.2 Å². The van der Waals surface area contributed by atoms with Crippen LogP contribution in [0.3, 0.4) is 0 Å². The van der Waals surface area contributed by atoms with Gasteiger partial charge in [-0.1, -0.05) is 48.0 Å². The summed E-state index contributed by atoms with van der Waals surface area (Å²) in [5.41, 5.74) is 3.55. The maximum Gasteiger partial charge on any atom is 0.237 e. The van der Waals surface area contributed by atoms with E-state index in [4.69, 9.17) is 16.3 Å². The molecule has 1 amide bonds. The largest absolute Gasteiger partial charge is 0.383 e. The van der Waals surface area contributed by atoms with E-state index in [2.05, 4.69) is 23.5 Å². The minimum atomic E-state index is 0.0478. The molecule has 1 aliphatic rings. The molecule has 0 radical (unpaired) electrons. The van der Waals surface area contributed by atoms with Gasteiger partial charge in [0.2, 0.25) is 5.91 Å². The first-order valence-electron chi connectivity index (χ1n) is 8.50. The Bertz CT molecular complexity index is 721. The molecule has 0 saturated carbocycles. The van der Waals surface area contributed by atoms with E-state index in [0.717, 1.165) is 17.5 Å². The summed E-state index contributed by atoms with van der Waals surface area (Å²) in [6.07, 6.45) is 0.806. The van der Waals surface area contributed by atoms with Crippen molar-refractivity contribution in [3.05, 3.63) is 70.2 Å². The Labute approximate surface area is 153 Å². The normalized spacial score (nSPS) is 16.6. The smallest absolute Gasteiger partial charge is 0.237 e. The number of methoxy groups -OCH3 is 1. The monoisotopic (exact) mass is 358 g/mol. The fourth-order valence-corrected chi connectivity index (χ4v) is 3.45. The van der Waals surface area contributed by atoms with Gasteiger partial charge in [-0.15, -0.1) is 0 Å². The number of benzene rings is 2. The Morgan fingerprint density at radius 1 is 1.24 bits per heavy atom. The highest BCUT2D eigenvalue weighted by atomic mass is 35.5. The zero-order chi connectivity index (χ0) is 17.6. The maximum atomic E-state index is 12.8. The van der Waals surface area contributed by atoms with Crippen LogP contribution in [0.1, 0.15) is 22.7 Å². The summed E-state index contributed by atoms with van der Waals surface area (Å²) in [6.45, 7) is 2.14. The topological polar surface area (TPSA) is 41.6 Å². The molecule has 1 unspecified atom stereocenters. The summed E-state index contributed by atoms with van der Waals surface area (Å²) in [7, 11) is 1.65. The molecule has 0 aliphatic carbocycles. The molecule has 3 rings (SSSR count). The standard InChI is InChI=1S/C20H23ClN2O2/c1-25-10-9-22-13-20(24)23-14-17-11-18(21)8-7-16(17)12-19(23)15-5-3-2-4-6-15/h2-8,11,19,22H,9-10,12-14H2,1H3. The lowest BCUT2D eigenvalue weighted by Crippen LogP contribution is -2.43. The Kier molecular flexibility index (Phi) is 6.08. The Morgan fingerprint density at radius 2 is 2.04 bits per heavy atom. The summed E-state index contributed by atoms with van der Waals surface area (Å²) < 4.78 is 5.02. The summed E-state index contributed by atoms with van der Waals surface area (Å²) in [5.74, 6) is 0.0931. The van der Waals surface area contributed by atoms with Gasteiger partial charge in [0.05, 0.1) is 19.2 Å². The predicted molar refractivity (Wildman–Crippen MR) is 99.6 cm³/mol. The lowest BCUT2D eigenvalue weighted by molar-refractivity contribution is -0.134. The minimum Gasteiger partial charge on any atom is -0.383 e. The van der Waals surface area contributed by atoms with Crippen molar-refractivity contribution < 1.29 is 9.53 Å². The molecule has 2 aromatic carbocycles. The van der Waals surface area contributed by atoms with Crippen LogP contribution in [0.4, 0.5) is 0 Å². The fraction of sp³-hybridized carbons (Fsp3) is 0.350. The number of amides is 1. The second-order valence-corrected chi connectivity index (χ2v) is 6.67. The van der Waals surface area contributed by atoms with Gasteiger partial charge in [-0.25, -0.2) is 0 Å². The van der Waals surface area contributed by atoms with Crippen molar-refractivity contribution in [2.45, 2.75) is 19.0 Å². The number of carbonyl (C=O) groups excluding carboxylic acids is 1. The zero-order valence-corrected chi connectivity index (χ0v) is 15.1. The molecular weight excluding hydrogens is 336 g/mol. The van der Waals surface area contributed by atoms with Crippen LogP contribution < -0.4 is 5.32 Å². The molecule has 132 valence electrons. The number of halogens is 1.